The van der Waals surface area contributed by atoms with Crippen LogP contribution in [0.2, 0.25) is 0 Å². The van der Waals surface area contributed by atoms with E-state index < -0.39 is 16.9 Å². The Kier molecular flexibility index (Phi) is 1.96. The van der Waals surface area contributed by atoms with Crippen LogP contribution in [0.15, 0.2) is 0 Å². The van der Waals surface area contributed by atoms with E-state index in [1.165, 1.54) is 0 Å². The summed E-state index contributed by atoms with van der Waals surface area (Å²) in [5.74, 6) is -2.62. The van der Waals surface area contributed by atoms with Gasteiger partial charge in [-0.2, -0.15) is 0 Å². The van der Waals surface area contributed by atoms with E-state index in [1.807, 2.05) is 0 Å². The van der Waals surface area contributed by atoms with Gasteiger partial charge in [-0.05, 0) is 0 Å². The third-order valence-corrected chi connectivity index (χ3v) is 2.89. The molecule has 0 atom stereocenters. The van der Waals surface area contributed by atoms with Gasteiger partial charge in [0.15, 0.2) is 0 Å². The van der Waals surface area contributed by atoms with Crippen molar-refractivity contribution in [3.05, 3.63) is 0 Å². The second-order valence-electron chi connectivity index (χ2n) is 4.41. The van der Waals surface area contributed by atoms with Crippen LogP contribution in [-0.4, -0.2) is 23.2 Å². The van der Waals surface area contributed by atoms with E-state index >= 15 is 0 Å². The average Bonchev–Trinajstić information content (AvgIpc) is 1.83. The highest BCUT2D eigenvalue weighted by molar-refractivity contribution is 5.10. The van der Waals surface area contributed by atoms with Crippen molar-refractivity contribution in [2.24, 2.45) is 11.1 Å². The summed E-state index contributed by atoms with van der Waals surface area (Å²) in [4.78, 5) is 0. The highest BCUT2D eigenvalue weighted by atomic mass is 19.3. The molecular formula is C8H15F2NO. The predicted molar refractivity (Wildman–Crippen MR) is 42.0 cm³/mol. The van der Waals surface area contributed by atoms with Gasteiger partial charge in [0.1, 0.15) is 0 Å². The highest BCUT2D eigenvalue weighted by Crippen LogP contribution is 2.52. The average molecular weight is 179 g/mol. The van der Waals surface area contributed by atoms with Gasteiger partial charge in [-0.1, -0.05) is 13.8 Å². The zero-order valence-corrected chi connectivity index (χ0v) is 7.40. The number of hydrogen-bond donors (Lipinski definition) is 2. The Morgan fingerprint density at radius 1 is 1.42 bits per heavy atom. The van der Waals surface area contributed by atoms with Crippen LogP contribution in [0.25, 0.3) is 0 Å². The van der Waals surface area contributed by atoms with Crippen molar-refractivity contribution in [3.63, 3.8) is 0 Å². The summed E-state index contributed by atoms with van der Waals surface area (Å²) < 4.78 is 25.1. The second kappa shape index (κ2) is 2.39. The summed E-state index contributed by atoms with van der Waals surface area (Å²) in [6, 6.07) is 0. The first-order valence-electron chi connectivity index (χ1n) is 4.00. The second-order valence-corrected chi connectivity index (χ2v) is 4.41. The summed E-state index contributed by atoms with van der Waals surface area (Å²) in [6.07, 6.45) is -0.624. The Bertz CT molecular complexity index is 183. The highest BCUT2D eigenvalue weighted by Gasteiger charge is 2.60. The van der Waals surface area contributed by atoms with Crippen molar-refractivity contribution in [2.75, 3.05) is 6.61 Å². The molecule has 0 aromatic rings. The fraction of sp³-hybridized carbons (Fsp3) is 1.00. The summed E-state index contributed by atoms with van der Waals surface area (Å²) in [7, 11) is 0. The molecule has 0 aliphatic heterocycles. The maximum absolute atomic E-state index is 12.5. The minimum atomic E-state index is -2.62. The van der Waals surface area contributed by atoms with Crippen LogP contribution in [-0.2, 0) is 0 Å². The van der Waals surface area contributed by atoms with Gasteiger partial charge < -0.3 is 10.8 Å². The fourth-order valence-electron chi connectivity index (χ4n) is 1.51. The van der Waals surface area contributed by atoms with Gasteiger partial charge in [-0.15, -0.1) is 0 Å². The lowest BCUT2D eigenvalue weighted by molar-refractivity contribution is -0.163. The fourth-order valence-corrected chi connectivity index (χ4v) is 1.51. The van der Waals surface area contributed by atoms with E-state index in [2.05, 4.69) is 0 Å². The van der Waals surface area contributed by atoms with Crippen LogP contribution in [0, 0.1) is 5.41 Å². The van der Waals surface area contributed by atoms with E-state index in [0.29, 0.717) is 0 Å². The maximum atomic E-state index is 12.5. The summed E-state index contributed by atoms with van der Waals surface area (Å²) in [5.41, 5.74) is 4.21. The van der Waals surface area contributed by atoms with Gasteiger partial charge in [-0.25, -0.2) is 8.78 Å². The first-order chi connectivity index (χ1) is 5.22. The monoisotopic (exact) mass is 179 g/mol. The van der Waals surface area contributed by atoms with Crippen molar-refractivity contribution in [3.8, 4) is 0 Å². The van der Waals surface area contributed by atoms with Crippen LogP contribution in [0.5, 0.6) is 0 Å². The number of nitrogens with two attached hydrogens (primary N) is 1. The third-order valence-electron chi connectivity index (χ3n) is 2.89. The SMILES string of the molecule is CC(C)(CO)C1(N)CC(F)(F)C1. The topological polar surface area (TPSA) is 46.2 Å². The molecule has 0 saturated heterocycles. The molecular weight excluding hydrogens is 164 g/mol. The Labute approximate surface area is 70.8 Å². The minimum Gasteiger partial charge on any atom is -0.396 e. The number of aliphatic hydroxyl groups excluding tert-OH is 1. The standard InChI is InChI=1S/C8H15F2NO/c1-6(2,5-12)7(11)3-8(9,10)4-7/h12H,3-5,11H2,1-2H3. The molecule has 0 radical (unpaired) electrons. The van der Waals surface area contributed by atoms with Crippen molar-refractivity contribution in [2.45, 2.75) is 38.2 Å². The quantitative estimate of drug-likeness (QED) is 0.667. The molecule has 12 heavy (non-hydrogen) atoms. The summed E-state index contributed by atoms with van der Waals surface area (Å²) in [5, 5.41) is 8.94. The van der Waals surface area contributed by atoms with Crippen LogP contribution in [0.4, 0.5) is 8.78 Å². The molecule has 0 amide bonds. The van der Waals surface area contributed by atoms with Gasteiger partial charge in [0.05, 0.1) is 0 Å². The van der Waals surface area contributed by atoms with Crippen LogP contribution >= 0.6 is 0 Å². The Hall–Kier alpha value is -0.220. The van der Waals surface area contributed by atoms with E-state index in [0.717, 1.165) is 0 Å². The lowest BCUT2D eigenvalue weighted by atomic mass is 9.59. The van der Waals surface area contributed by atoms with E-state index in [4.69, 9.17) is 10.8 Å². The number of aliphatic hydroxyl groups is 1. The van der Waals surface area contributed by atoms with Gasteiger partial charge in [0, 0.05) is 30.4 Å². The molecule has 1 saturated carbocycles. The molecule has 72 valence electrons. The zero-order chi connectivity index (χ0) is 9.62. The van der Waals surface area contributed by atoms with Gasteiger partial charge in [-0.3, -0.25) is 0 Å². The molecule has 1 rings (SSSR count). The van der Waals surface area contributed by atoms with E-state index in [9.17, 15) is 8.78 Å². The van der Waals surface area contributed by atoms with Crippen LogP contribution < -0.4 is 5.73 Å². The summed E-state index contributed by atoms with van der Waals surface area (Å²) >= 11 is 0. The van der Waals surface area contributed by atoms with Crippen molar-refractivity contribution < 1.29 is 13.9 Å². The van der Waals surface area contributed by atoms with Crippen molar-refractivity contribution in [1.29, 1.82) is 0 Å². The van der Waals surface area contributed by atoms with E-state index in [-0.39, 0.29) is 19.4 Å². The van der Waals surface area contributed by atoms with Crippen molar-refractivity contribution >= 4 is 0 Å². The Balaban J connectivity index is 2.66. The molecule has 0 heterocycles. The maximum Gasteiger partial charge on any atom is 0.251 e. The Morgan fingerprint density at radius 2 is 1.83 bits per heavy atom. The van der Waals surface area contributed by atoms with Gasteiger partial charge in [0.25, 0.3) is 5.92 Å². The Morgan fingerprint density at radius 3 is 2.08 bits per heavy atom. The number of hydrogen-bond acceptors (Lipinski definition) is 2. The molecule has 1 aliphatic carbocycles. The predicted octanol–water partition coefficient (Wildman–Crippen LogP) is 1.13. The van der Waals surface area contributed by atoms with Gasteiger partial charge in [0.2, 0.25) is 0 Å². The first kappa shape index (κ1) is 9.86. The number of halogens is 2. The lowest BCUT2D eigenvalue weighted by Gasteiger charge is -2.53. The number of alkyl halides is 2. The molecule has 0 unspecified atom stereocenters. The first-order valence-corrected chi connectivity index (χ1v) is 4.00. The lowest BCUT2D eigenvalue weighted by Crippen LogP contribution is -2.66. The van der Waals surface area contributed by atoms with Crippen molar-refractivity contribution in [1.82, 2.24) is 0 Å². The molecule has 0 bridgehead atoms. The molecule has 0 aromatic carbocycles. The molecule has 3 N–H and O–H groups in total. The molecule has 0 aromatic heterocycles. The van der Waals surface area contributed by atoms with E-state index in [1.54, 1.807) is 13.8 Å². The normalized spacial score (nSPS) is 26.5. The number of rotatable bonds is 2. The molecule has 1 fully saturated rings. The smallest absolute Gasteiger partial charge is 0.251 e. The third kappa shape index (κ3) is 1.33. The summed E-state index contributed by atoms with van der Waals surface area (Å²) in [6.45, 7) is 3.27. The van der Waals surface area contributed by atoms with Crippen LogP contribution in [0.1, 0.15) is 26.7 Å². The van der Waals surface area contributed by atoms with Gasteiger partial charge >= 0.3 is 0 Å². The molecule has 2 nitrogen and oxygen atoms in total. The largest absolute Gasteiger partial charge is 0.396 e. The molecule has 1 aliphatic rings. The molecule has 4 heteroatoms. The zero-order valence-electron chi connectivity index (χ0n) is 7.40. The minimum absolute atomic E-state index is 0.153. The molecule has 0 spiro atoms. The van der Waals surface area contributed by atoms with Crippen LogP contribution in [0.3, 0.4) is 0 Å².